The molecule has 0 fully saturated rings. The summed E-state index contributed by atoms with van der Waals surface area (Å²) < 4.78 is 17.8. The summed E-state index contributed by atoms with van der Waals surface area (Å²) in [6, 6.07) is 10.1. The molecule has 2 aromatic carbocycles. The average Bonchev–Trinajstić information content (AvgIpc) is 3.02. The Balaban J connectivity index is 1.77. The fourth-order valence-corrected chi connectivity index (χ4v) is 3.86. The Morgan fingerprint density at radius 1 is 1.04 bits per heavy atom. The van der Waals surface area contributed by atoms with Crippen molar-refractivity contribution in [3.05, 3.63) is 42.0 Å². The van der Waals surface area contributed by atoms with Gasteiger partial charge in [0.1, 0.15) is 16.4 Å². The third-order valence-electron chi connectivity index (χ3n) is 4.19. The van der Waals surface area contributed by atoms with Crippen molar-refractivity contribution >= 4 is 27.6 Å². The van der Waals surface area contributed by atoms with E-state index < -0.39 is 0 Å². The topological polar surface area (TPSA) is 40.6 Å². The lowest BCUT2D eigenvalue weighted by atomic mass is 10.0. The Bertz CT molecular complexity index is 947. The van der Waals surface area contributed by atoms with Gasteiger partial charge in [0.05, 0.1) is 24.4 Å². The summed E-state index contributed by atoms with van der Waals surface area (Å²) in [4.78, 5) is 4.76. The second kappa shape index (κ2) is 5.77. The zero-order chi connectivity index (χ0) is 17.6. The molecule has 1 aliphatic heterocycles. The number of hydrogen-bond acceptors (Lipinski definition) is 5. The molecule has 0 aliphatic carbocycles. The molecule has 4 rings (SSSR count). The van der Waals surface area contributed by atoms with Crippen LogP contribution in [0.5, 0.6) is 17.2 Å². The van der Waals surface area contributed by atoms with Crippen LogP contribution in [0.25, 0.3) is 26.9 Å². The van der Waals surface area contributed by atoms with E-state index in [2.05, 4.69) is 38.1 Å². The first-order valence-electron chi connectivity index (χ1n) is 8.04. The molecular weight excluding hydrogens is 334 g/mol. The summed E-state index contributed by atoms with van der Waals surface area (Å²) in [5.41, 5.74) is 2.79. The van der Waals surface area contributed by atoms with Crippen LogP contribution in [0.3, 0.4) is 0 Å². The van der Waals surface area contributed by atoms with Gasteiger partial charge in [-0.1, -0.05) is 6.08 Å². The maximum Gasteiger partial charge on any atom is 0.162 e. The zero-order valence-electron chi connectivity index (χ0n) is 14.6. The van der Waals surface area contributed by atoms with Crippen molar-refractivity contribution in [2.24, 2.45) is 0 Å². The highest BCUT2D eigenvalue weighted by molar-refractivity contribution is 7.21. The lowest BCUT2D eigenvalue weighted by molar-refractivity contribution is 0.159. The largest absolute Gasteiger partial charge is 0.493 e. The molecule has 0 spiro atoms. The number of thiazole rings is 1. The summed E-state index contributed by atoms with van der Waals surface area (Å²) in [5.74, 6) is 2.31. The molecular formula is C20H19NO3S. The molecule has 0 saturated carbocycles. The number of benzene rings is 2. The predicted octanol–water partition coefficient (Wildman–Crippen LogP) is 5.16. The minimum absolute atomic E-state index is 0.266. The first-order chi connectivity index (χ1) is 12.0. The van der Waals surface area contributed by atoms with Crippen molar-refractivity contribution in [1.82, 2.24) is 4.98 Å². The quantitative estimate of drug-likeness (QED) is 0.652. The SMILES string of the molecule is COc1cc2nc(-c3ccc4c(c3)C=CC(C)(C)O4)sc2cc1OC. The van der Waals surface area contributed by atoms with Gasteiger partial charge >= 0.3 is 0 Å². The number of rotatable bonds is 3. The van der Waals surface area contributed by atoms with Gasteiger partial charge in [0.15, 0.2) is 11.5 Å². The maximum absolute atomic E-state index is 5.99. The molecule has 1 aliphatic rings. The standard InChI is InChI=1S/C20H19NO3S/c1-20(2)8-7-12-9-13(5-6-15(12)24-20)19-21-14-10-16(22-3)17(23-4)11-18(14)25-19/h5-11H,1-4H3. The second-order valence-electron chi connectivity index (χ2n) is 6.49. The molecule has 4 nitrogen and oxygen atoms in total. The molecule has 1 aromatic heterocycles. The molecule has 25 heavy (non-hydrogen) atoms. The molecule has 3 aromatic rings. The predicted molar refractivity (Wildman–Crippen MR) is 102 cm³/mol. The zero-order valence-corrected chi connectivity index (χ0v) is 15.4. The highest BCUT2D eigenvalue weighted by Gasteiger charge is 2.22. The van der Waals surface area contributed by atoms with E-state index in [0.29, 0.717) is 11.5 Å². The van der Waals surface area contributed by atoms with Crippen LogP contribution in [0.1, 0.15) is 19.4 Å². The number of fused-ring (bicyclic) bond motifs is 2. The third kappa shape index (κ3) is 2.85. The Morgan fingerprint density at radius 2 is 1.80 bits per heavy atom. The van der Waals surface area contributed by atoms with Gasteiger partial charge in [-0.05, 0) is 38.1 Å². The maximum atomic E-state index is 5.99. The van der Waals surface area contributed by atoms with E-state index in [1.165, 1.54) is 0 Å². The van der Waals surface area contributed by atoms with E-state index in [9.17, 15) is 0 Å². The molecule has 0 atom stereocenters. The normalized spacial score (nSPS) is 14.9. The van der Waals surface area contributed by atoms with Crippen LogP contribution in [0.15, 0.2) is 36.4 Å². The fraction of sp³-hybridized carbons (Fsp3) is 0.250. The summed E-state index contributed by atoms with van der Waals surface area (Å²) in [6.07, 6.45) is 4.19. The van der Waals surface area contributed by atoms with Crippen LogP contribution in [0.4, 0.5) is 0 Å². The second-order valence-corrected chi connectivity index (χ2v) is 7.52. The van der Waals surface area contributed by atoms with Gasteiger partial charge in [-0.25, -0.2) is 4.98 Å². The molecule has 5 heteroatoms. The number of ether oxygens (including phenoxy) is 3. The van der Waals surface area contributed by atoms with E-state index in [1.807, 2.05) is 18.2 Å². The van der Waals surface area contributed by atoms with Gasteiger partial charge in [0, 0.05) is 23.3 Å². The summed E-state index contributed by atoms with van der Waals surface area (Å²) in [7, 11) is 3.28. The van der Waals surface area contributed by atoms with Crippen LogP contribution in [-0.2, 0) is 0 Å². The highest BCUT2D eigenvalue weighted by Crippen LogP contribution is 2.39. The minimum atomic E-state index is -0.266. The minimum Gasteiger partial charge on any atom is -0.493 e. The molecule has 2 heterocycles. The van der Waals surface area contributed by atoms with Crippen LogP contribution < -0.4 is 14.2 Å². The smallest absolute Gasteiger partial charge is 0.162 e. The molecule has 0 amide bonds. The third-order valence-corrected chi connectivity index (χ3v) is 5.26. The molecule has 0 unspecified atom stereocenters. The molecule has 0 radical (unpaired) electrons. The van der Waals surface area contributed by atoms with E-state index >= 15 is 0 Å². The van der Waals surface area contributed by atoms with E-state index in [4.69, 9.17) is 19.2 Å². The van der Waals surface area contributed by atoms with Gasteiger partial charge in [0.25, 0.3) is 0 Å². The first-order valence-corrected chi connectivity index (χ1v) is 8.86. The van der Waals surface area contributed by atoms with Crippen molar-refractivity contribution in [2.75, 3.05) is 14.2 Å². The van der Waals surface area contributed by atoms with Crippen LogP contribution in [0, 0.1) is 0 Å². The Kier molecular flexibility index (Phi) is 3.69. The monoisotopic (exact) mass is 353 g/mol. The first kappa shape index (κ1) is 16.0. The lowest BCUT2D eigenvalue weighted by Gasteiger charge is -2.27. The number of methoxy groups -OCH3 is 2. The number of nitrogens with zero attached hydrogens (tertiary/aromatic N) is 1. The molecule has 0 N–H and O–H groups in total. The summed E-state index contributed by atoms with van der Waals surface area (Å²) in [6.45, 7) is 4.10. The van der Waals surface area contributed by atoms with Crippen molar-refractivity contribution in [1.29, 1.82) is 0 Å². The average molecular weight is 353 g/mol. The number of hydrogen-bond donors (Lipinski definition) is 0. The van der Waals surface area contributed by atoms with Gasteiger partial charge in [-0.15, -0.1) is 11.3 Å². The van der Waals surface area contributed by atoms with E-state index in [1.54, 1.807) is 25.6 Å². The fourth-order valence-electron chi connectivity index (χ4n) is 2.89. The van der Waals surface area contributed by atoms with Crippen LogP contribution in [0.2, 0.25) is 0 Å². The van der Waals surface area contributed by atoms with Gasteiger partial charge in [-0.3, -0.25) is 0 Å². The van der Waals surface area contributed by atoms with E-state index in [0.717, 1.165) is 32.1 Å². The molecule has 128 valence electrons. The Hall–Kier alpha value is -2.53. The lowest BCUT2D eigenvalue weighted by Crippen LogP contribution is -2.27. The van der Waals surface area contributed by atoms with Crippen molar-refractivity contribution < 1.29 is 14.2 Å². The summed E-state index contributed by atoms with van der Waals surface area (Å²) in [5, 5.41) is 0.964. The molecule has 0 bridgehead atoms. The Morgan fingerprint density at radius 3 is 2.56 bits per heavy atom. The van der Waals surface area contributed by atoms with Crippen LogP contribution >= 0.6 is 11.3 Å². The van der Waals surface area contributed by atoms with Crippen molar-refractivity contribution in [2.45, 2.75) is 19.4 Å². The highest BCUT2D eigenvalue weighted by atomic mass is 32.1. The van der Waals surface area contributed by atoms with E-state index in [-0.39, 0.29) is 5.60 Å². The Labute approximate surface area is 150 Å². The summed E-state index contributed by atoms with van der Waals surface area (Å²) >= 11 is 1.64. The number of aromatic nitrogens is 1. The molecule has 0 saturated heterocycles. The van der Waals surface area contributed by atoms with Gasteiger partial charge < -0.3 is 14.2 Å². The van der Waals surface area contributed by atoms with Gasteiger partial charge in [-0.2, -0.15) is 0 Å². The van der Waals surface area contributed by atoms with Crippen molar-refractivity contribution in [3.63, 3.8) is 0 Å². The van der Waals surface area contributed by atoms with Gasteiger partial charge in [0.2, 0.25) is 0 Å². The van der Waals surface area contributed by atoms with Crippen molar-refractivity contribution in [3.8, 4) is 27.8 Å². The van der Waals surface area contributed by atoms with Crippen LogP contribution in [-0.4, -0.2) is 24.8 Å².